The number of rotatable bonds is 5. The maximum absolute atomic E-state index is 14.8. The number of piperidine rings is 1. The third-order valence-electron chi connectivity index (χ3n) is 5.68. The molecule has 3 aromatic rings. The predicted molar refractivity (Wildman–Crippen MR) is 109 cm³/mol. The van der Waals surface area contributed by atoms with Gasteiger partial charge in [0, 0.05) is 18.8 Å². The molecule has 3 heterocycles. The molecule has 0 radical (unpaired) electrons. The van der Waals surface area contributed by atoms with Crippen molar-refractivity contribution in [3.05, 3.63) is 65.9 Å². The van der Waals surface area contributed by atoms with E-state index in [9.17, 15) is 22.4 Å². The summed E-state index contributed by atoms with van der Waals surface area (Å²) < 4.78 is 58.7. The van der Waals surface area contributed by atoms with Crippen LogP contribution in [0.4, 0.5) is 17.6 Å². The highest BCUT2D eigenvalue weighted by Crippen LogP contribution is 2.30. The minimum absolute atomic E-state index is 0.00900. The van der Waals surface area contributed by atoms with Crippen molar-refractivity contribution in [1.29, 1.82) is 0 Å². The highest BCUT2D eigenvalue weighted by molar-refractivity contribution is 5.98. The van der Waals surface area contributed by atoms with Gasteiger partial charge in [0.15, 0.2) is 0 Å². The van der Waals surface area contributed by atoms with Gasteiger partial charge >= 0.3 is 6.18 Å². The minimum Gasteiger partial charge on any atom is -0.475 e. The molecule has 1 aliphatic rings. The zero-order valence-electron chi connectivity index (χ0n) is 17.7. The molecule has 174 valence electrons. The molecule has 2 atom stereocenters. The van der Waals surface area contributed by atoms with Crippen molar-refractivity contribution >= 4 is 5.91 Å². The fourth-order valence-electron chi connectivity index (χ4n) is 3.93. The van der Waals surface area contributed by atoms with Crippen LogP contribution in [-0.2, 0) is 6.18 Å². The van der Waals surface area contributed by atoms with Crippen LogP contribution in [0.25, 0.3) is 5.69 Å². The van der Waals surface area contributed by atoms with Gasteiger partial charge in [0.25, 0.3) is 5.91 Å². The molecule has 1 amide bonds. The quantitative estimate of drug-likeness (QED) is 0.532. The van der Waals surface area contributed by atoms with Crippen LogP contribution in [0.5, 0.6) is 5.88 Å². The SMILES string of the molecule is C[C@@H]1CCCN(C(=O)c2c(F)cccc2-n2nccn2)[C@@H]1COc1ccc(C(F)(F)F)cn1. The summed E-state index contributed by atoms with van der Waals surface area (Å²) in [6, 6.07) is 5.83. The number of nitrogens with zero attached hydrogens (tertiary/aromatic N) is 5. The summed E-state index contributed by atoms with van der Waals surface area (Å²) in [5.41, 5.74) is -0.815. The van der Waals surface area contributed by atoms with E-state index in [4.69, 9.17) is 4.74 Å². The normalized spacial score (nSPS) is 18.9. The Bertz CT molecular complexity index is 1100. The highest BCUT2D eigenvalue weighted by Gasteiger charge is 2.36. The van der Waals surface area contributed by atoms with Crippen molar-refractivity contribution in [1.82, 2.24) is 24.9 Å². The lowest BCUT2D eigenvalue weighted by atomic mass is 9.90. The average molecular weight is 463 g/mol. The van der Waals surface area contributed by atoms with E-state index in [1.54, 1.807) is 11.0 Å². The first-order chi connectivity index (χ1) is 15.8. The molecule has 11 heteroatoms. The van der Waals surface area contributed by atoms with Crippen LogP contribution in [0.15, 0.2) is 48.9 Å². The molecule has 33 heavy (non-hydrogen) atoms. The maximum atomic E-state index is 14.8. The van der Waals surface area contributed by atoms with E-state index in [0.717, 1.165) is 25.0 Å². The Labute approximate surface area is 187 Å². The number of ether oxygens (including phenoxy) is 1. The lowest BCUT2D eigenvalue weighted by Crippen LogP contribution is -2.51. The van der Waals surface area contributed by atoms with Gasteiger partial charge in [-0.3, -0.25) is 4.79 Å². The first-order valence-electron chi connectivity index (χ1n) is 10.4. The number of hydrogen-bond donors (Lipinski definition) is 0. The topological polar surface area (TPSA) is 73.1 Å². The molecule has 0 aliphatic carbocycles. The van der Waals surface area contributed by atoms with Crippen molar-refractivity contribution < 1.29 is 27.1 Å². The summed E-state index contributed by atoms with van der Waals surface area (Å²) in [5, 5.41) is 8.01. The molecular formula is C22H21F4N5O2. The average Bonchev–Trinajstić information content (AvgIpc) is 3.32. The van der Waals surface area contributed by atoms with E-state index in [-0.39, 0.29) is 29.7 Å². The lowest BCUT2D eigenvalue weighted by Gasteiger charge is -2.40. The van der Waals surface area contributed by atoms with E-state index < -0.39 is 29.5 Å². The van der Waals surface area contributed by atoms with E-state index in [1.807, 2.05) is 6.92 Å². The number of aromatic nitrogens is 4. The number of likely N-dealkylation sites (tertiary alicyclic amines) is 1. The summed E-state index contributed by atoms with van der Waals surface area (Å²) >= 11 is 0. The maximum Gasteiger partial charge on any atom is 0.417 e. The predicted octanol–water partition coefficient (Wildman–Crippen LogP) is 4.14. The van der Waals surface area contributed by atoms with Crippen molar-refractivity contribution in [2.45, 2.75) is 32.0 Å². The molecule has 1 aromatic carbocycles. The molecule has 1 fully saturated rings. The van der Waals surface area contributed by atoms with Gasteiger partial charge in [-0.05, 0) is 37.0 Å². The van der Waals surface area contributed by atoms with Gasteiger partial charge in [-0.1, -0.05) is 13.0 Å². The minimum atomic E-state index is -4.49. The number of halogens is 4. The van der Waals surface area contributed by atoms with Gasteiger partial charge in [0.1, 0.15) is 23.7 Å². The standard InChI is InChI=1S/C22H21F4N5O2/c1-14-4-3-11-30(18(14)13-33-19-8-7-15(12-27-19)22(24,25)26)21(32)20-16(23)5-2-6-17(20)31-28-9-10-29-31/h2,5-10,12,14,18H,3-4,11,13H2,1H3/t14-,18-/m1/s1. The molecular weight excluding hydrogens is 442 g/mol. The van der Waals surface area contributed by atoms with Crippen LogP contribution in [-0.4, -0.2) is 50.0 Å². The van der Waals surface area contributed by atoms with Crippen LogP contribution in [0.3, 0.4) is 0 Å². The Kier molecular flexibility index (Phi) is 6.30. The summed E-state index contributed by atoms with van der Waals surface area (Å²) in [6.45, 7) is 2.35. The number of carbonyl (C=O) groups excluding carboxylic acids is 1. The van der Waals surface area contributed by atoms with E-state index in [2.05, 4.69) is 15.2 Å². The molecule has 1 saturated heterocycles. The van der Waals surface area contributed by atoms with E-state index in [0.29, 0.717) is 12.7 Å². The van der Waals surface area contributed by atoms with Gasteiger partial charge in [-0.2, -0.15) is 28.2 Å². The summed E-state index contributed by atoms with van der Waals surface area (Å²) in [4.78, 5) is 19.9. The second-order valence-electron chi connectivity index (χ2n) is 7.83. The van der Waals surface area contributed by atoms with E-state index >= 15 is 0 Å². The summed E-state index contributed by atoms with van der Waals surface area (Å²) in [7, 11) is 0. The Morgan fingerprint density at radius 3 is 2.61 bits per heavy atom. The van der Waals surface area contributed by atoms with Crippen LogP contribution in [0, 0.1) is 11.7 Å². The molecule has 2 aromatic heterocycles. The Hall–Kier alpha value is -3.50. The number of amides is 1. The molecule has 0 unspecified atom stereocenters. The van der Waals surface area contributed by atoms with Crippen LogP contribution in [0.1, 0.15) is 35.7 Å². The van der Waals surface area contributed by atoms with Gasteiger partial charge in [0.2, 0.25) is 5.88 Å². The van der Waals surface area contributed by atoms with Crippen LogP contribution >= 0.6 is 0 Å². The first kappa shape index (κ1) is 22.7. The van der Waals surface area contributed by atoms with Crippen molar-refractivity contribution in [3.8, 4) is 11.6 Å². The van der Waals surface area contributed by atoms with Gasteiger partial charge in [0.05, 0.1) is 24.0 Å². The van der Waals surface area contributed by atoms with Crippen LogP contribution in [0.2, 0.25) is 0 Å². The smallest absolute Gasteiger partial charge is 0.417 e. The lowest BCUT2D eigenvalue weighted by molar-refractivity contribution is -0.137. The van der Waals surface area contributed by atoms with Gasteiger partial charge in [-0.25, -0.2) is 9.37 Å². The monoisotopic (exact) mass is 463 g/mol. The third kappa shape index (κ3) is 4.81. The van der Waals surface area contributed by atoms with Gasteiger partial charge in [-0.15, -0.1) is 0 Å². The Morgan fingerprint density at radius 1 is 1.18 bits per heavy atom. The van der Waals surface area contributed by atoms with Gasteiger partial charge < -0.3 is 9.64 Å². The van der Waals surface area contributed by atoms with Crippen molar-refractivity contribution in [2.24, 2.45) is 5.92 Å². The summed E-state index contributed by atoms with van der Waals surface area (Å²) in [6.07, 6.45) is 0.610. The Balaban J connectivity index is 1.56. The zero-order valence-corrected chi connectivity index (χ0v) is 17.7. The largest absolute Gasteiger partial charge is 0.475 e. The highest BCUT2D eigenvalue weighted by atomic mass is 19.4. The Morgan fingerprint density at radius 2 is 1.94 bits per heavy atom. The fraction of sp³-hybridized carbons (Fsp3) is 0.364. The zero-order chi connectivity index (χ0) is 23.6. The third-order valence-corrected chi connectivity index (χ3v) is 5.68. The first-order valence-corrected chi connectivity index (χ1v) is 10.4. The number of alkyl halides is 3. The molecule has 0 N–H and O–H groups in total. The molecule has 7 nitrogen and oxygen atoms in total. The van der Waals surface area contributed by atoms with E-state index in [1.165, 1.54) is 29.3 Å². The number of pyridine rings is 1. The molecule has 4 rings (SSSR count). The molecule has 1 aliphatic heterocycles. The second kappa shape index (κ2) is 9.16. The van der Waals surface area contributed by atoms with Crippen molar-refractivity contribution in [2.75, 3.05) is 13.2 Å². The van der Waals surface area contributed by atoms with Crippen LogP contribution < -0.4 is 4.74 Å². The second-order valence-corrected chi connectivity index (χ2v) is 7.83. The molecule has 0 spiro atoms. The summed E-state index contributed by atoms with van der Waals surface area (Å²) in [5.74, 6) is -1.19. The number of benzene rings is 1. The number of hydrogen-bond acceptors (Lipinski definition) is 5. The van der Waals surface area contributed by atoms with Crippen molar-refractivity contribution in [3.63, 3.8) is 0 Å². The number of carbonyl (C=O) groups is 1. The molecule has 0 saturated carbocycles. The fourth-order valence-corrected chi connectivity index (χ4v) is 3.93. The molecule has 0 bridgehead atoms.